The fraction of sp³-hybridized carbons (Fsp3) is 0.263. The highest BCUT2D eigenvalue weighted by Gasteiger charge is 2.15. The zero-order valence-corrected chi connectivity index (χ0v) is 14.4. The molecule has 0 aliphatic rings. The van der Waals surface area contributed by atoms with Crippen LogP contribution in [0.2, 0.25) is 0 Å². The monoisotopic (exact) mass is 341 g/mol. The van der Waals surface area contributed by atoms with Crippen LogP contribution in [0.4, 0.5) is 5.69 Å². The average molecular weight is 341 g/mol. The summed E-state index contributed by atoms with van der Waals surface area (Å²) in [5, 5.41) is 16.4. The Balaban J connectivity index is 1.90. The molecule has 6 nitrogen and oxygen atoms in total. The van der Waals surface area contributed by atoms with E-state index in [-0.39, 0.29) is 11.7 Å². The molecule has 0 fully saturated rings. The quantitative estimate of drug-likeness (QED) is 0.509. The maximum atomic E-state index is 12.2. The van der Waals surface area contributed by atoms with Crippen LogP contribution in [0.25, 0.3) is 0 Å². The van der Waals surface area contributed by atoms with E-state index < -0.39 is 6.04 Å². The number of benzene rings is 2. The number of hydrazone groups is 1. The number of nitrogens with zero attached hydrogens (tertiary/aromatic N) is 1. The SMILES string of the molecule is CCOc1ccc(NC(CC)C(=O)N/N=C\c2ccc(O)cc2)cc1. The van der Waals surface area contributed by atoms with E-state index in [1.54, 1.807) is 24.3 Å². The maximum absolute atomic E-state index is 12.2. The zero-order chi connectivity index (χ0) is 18.1. The lowest BCUT2D eigenvalue weighted by atomic mass is 10.2. The average Bonchev–Trinajstić information content (AvgIpc) is 2.63. The molecule has 1 unspecified atom stereocenters. The number of carbonyl (C=O) groups is 1. The van der Waals surface area contributed by atoms with Gasteiger partial charge in [-0.05, 0) is 67.4 Å². The number of hydrogen-bond acceptors (Lipinski definition) is 5. The third kappa shape index (κ3) is 5.84. The molecule has 132 valence electrons. The Morgan fingerprint density at radius 2 is 1.84 bits per heavy atom. The van der Waals surface area contributed by atoms with E-state index in [0.29, 0.717) is 13.0 Å². The molecule has 0 saturated carbocycles. The molecule has 0 aromatic heterocycles. The molecule has 0 bridgehead atoms. The second kappa shape index (κ2) is 9.32. The van der Waals surface area contributed by atoms with Gasteiger partial charge in [0.2, 0.25) is 0 Å². The van der Waals surface area contributed by atoms with Crippen molar-refractivity contribution >= 4 is 17.8 Å². The summed E-state index contributed by atoms with van der Waals surface area (Å²) < 4.78 is 5.40. The Labute approximate surface area is 147 Å². The standard InChI is InChI=1S/C19H23N3O3/c1-3-18(21-15-7-11-17(12-8-15)25-4-2)19(24)22-20-13-14-5-9-16(23)10-6-14/h5-13,18,21,23H,3-4H2,1-2H3,(H,22,24)/b20-13-. The van der Waals surface area contributed by atoms with Crippen LogP contribution in [0.1, 0.15) is 25.8 Å². The van der Waals surface area contributed by atoms with E-state index in [1.165, 1.54) is 6.21 Å². The Bertz CT molecular complexity index is 697. The predicted molar refractivity (Wildman–Crippen MR) is 99.2 cm³/mol. The van der Waals surface area contributed by atoms with E-state index in [2.05, 4.69) is 15.8 Å². The van der Waals surface area contributed by atoms with Crippen molar-refractivity contribution in [3.05, 3.63) is 54.1 Å². The van der Waals surface area contributed by atoms with Crippen LogP contribution >= 0.6 is 0 Å². The molecule has 3 N–H and O–H groups in total. The highest BCUT2D eigenvalue weighted by molar-refractivity contribution is 5.86. The van der Waals surface area contributed by atoms with Crippen LogP contribution in [0.3, 0.4) is 0 Å². The van der Waals surface area contributed by atoms with E-state index in [9.17, 15) is 9.90 Å². The van der Waals surface area contributed by atoms with Crippen molar-refractivity contribution in [1.29, 1.82) is 0 Å². The molecule has 0 spiro atoms. The second-order valence-corrected chi connectivity index (χ2v) is 5.39. The van der Waals surface area contributed by atoms with Gasteiger partial charge in [0, 0.05) is 5.69 Å². The number of rotatable bonds is 8. The largest absolute Gasteiger partial charge is 0.508 e. The first-order chi connectivity index (χ1) is 12.1. The van der Waals surface area contributed by atoms with Crippen molar-refractivity contribution < 1.29 is 14.6 Å². The lowest BCUT2D eigenvalue weighted by Crippen LogP contribution is -2.36. The van der Waals surface area contributed by atoms with Gasteiger partial charge in [-0.15, -0.1) is 0 Å². The molecule has 2 aromatic carbocycles. The number of anilines is 1. The third-order valence-corrected chi connectivity index (χ3v) is 3.51. The molecule has 1 amide bonds. The molecule has 1 atom stereocenters. The molecule has 0 saturated heterocycles. The number of phenols is 1. The first kappa shape index (κ1) is 18.3. The van der Waals surface area contributed by atoms with Gasteiger partial charge in [0.25, 0.3) is 5.91 Å². The minimum absolute atomic E-state index is 0.187. The number of carbonyl (C=O) groups excluding carboxylic acids is 1. The van der Waals surface area contributed by atoms with E-state index in [4.69, 9.17) is 4.74 Å². The molecule has 2 aromatic rings. The summed E-state index contributed by atoms with van der Waals surface area (Å²) in [5.74, 6) is 0.766. The molecule has 0 aliphatic heterocycles. The number of phenolic OH excluding ortho intramolecular Hbond substituents is 1. The Morgan fingerprint density at radius 1 is 1.16 bits per heavy atom. The van der Waals surface area contributed by atoms with Gasteiger partial charge in [-0.1, -0.05) is 6.92 Å². The van der Waals surface area contributed by atoms with Crippen LogP contribution in [0, 0.1) is 0 Å². The molecule has 0 radical (unpaired) electrons. The van der Waals surface area contributed by atoms with Crippen LogP contribution in [-0.4, -0.2) is 29.9 Å². The smallest absolute Gasteiger partial charge is 0.262 e. The minimum Gasteiger partial charge on any atom is -0.508 e. The van der Waals surface area contributed by atoms with E-state index >= 15 is 0 Å². The Morgan fingerprint density at radius 3 is 2.44 bits per heavy atom. The number of ether oxygens (including phenoxy) is 1. The van der Waals surface area contributed by atoms with Crippen molar-refractivity contribution in [2.45, 2.75) is 26.3 Å². The van der Waals surface area contributed by atoms with Gasteiger partial charge < -0.3 is 15.2 Å². The topological polar surface area (TPSA) is 83.0 Å². The van der Waals surface area contributed by atoms with Gasteiger partial charge >= 0.3 is 0 Å². The van der Waals surface area contributed by atoms with Gasteiger partial charge in [0.15, 0.2) is 0 Å². The summed E-state index contributed by atoms with van der Waals surface area (Å²) in [6, 6.07) is 13.6. The summed E-state index contributed by atoms with van der Waals surface area (Å²) in [6.07, 6.45) is 2.15. The van der Waals surface area contributed by atoms with Gasteiger partial charge in [0.1, 0.15) is 17.5 Å². The van der Waals surface area contributed by atoms with Crippen LogP contribution in [0.5, 0.6) is 11.5 Å². The molecule has 0 heterocycles. The summed E-state index contributed by atoms with van der Waals surface area (Å²) in [5.41, 5.74) is 4.15. The second-order valence-electron chi connectivity index (χ2n) is 5.39. The van der Waals surface area contributed by atoms with Crippen molar-refractivity contribution in [2.75, 3.05) is 11.9 Å². The predicted octanol–water partition coefficient (Wildman–Crippen LogP) is 3.13. The van der Waals surface area contributed by atoms with Gasteiger partial charge in [-0.2, -0.15) is 5.10 Å². The number of nitrogens with one attached hydrogen (secondary N) is 2. The molecular formula is C19H23N3O3. The third-order valence-electron chi connectivity index (χ3n) is 3.51. The first-order valence-electron chi connectivity index (χ1n) is 8.23. The summed E-state index contributed by atoms with van der Waals surface area (Å²) in [7, 11) is 0. The summed E-state index contributed by atoms with van der Waals surface area (Å²) >= 11 is 0. The van der Waals surface area contributed by atoms with Crippen LogP contribution in [-0.2, 0) is 4.79 Å². The van der Waals surface area contributed by atoms with Crippen molar-refractivity contribution in [2.24, 2.45) is 5.10 Å². The van der Waals surface area contributed by atoms with Crippen molar-refractivity contribution in [3.8, 4) is 11.5 Å². The Kier molecular flexibility index (Phi) is 6.83. The van der Waals surface area contributed by atoms with Gasteiger partial charge in [0.05, 0.1) is 12.8 Å². The fourth-order valence-electron chi connectivity index (χ4n) is 2.18. The molecular weight excluding hydrogens is 318 g/mol. The van der Waals surface area contributed by atoms with Crippen LogP contribution < -0.4 is 15.5 Å². The van der Waals surface area contributed by atoms with E-state index in [0.717, 1.165) is 17.0 Å². The number of aromatic hydroxyl groups is 1. The van der Waals surface area contributed by atoms with Crippen molar-refractivity contribution in [1.82, 2.24) is 5.43 Å². The summed E-state index contributed by atoms with van der Waals surface area (Å²) in [4.78, 5) is 12.2. The zero-order valence-electron chi connectivity index (χ0n) is 14.4. The molecule has 0 aliphatic carbocycles. The minimum atomic E-state index is -0.394. The first-order valence-corrected chi connectivity index (χ1v) is 8.23. The van der Waals surface area contributed by atoms with Gasteiger partial charge in [-0.3, -0.25) is 4.79 Å². The Hall–Kier alpha value is -3.02. The van der Waals surface area contributed by atoms with Crippen LogP contribution in [0.15, 0.2) is 53.6 Å². The number of amides is 1. The lowest BCUT2D eigenvalue weighted by molar-refractivity contribution is -0.121. The van der Waals surface area contributed by atoms with Gasteiger partial charge in [-0.25, -0.2) is 5.43 Å². The summed E-state index contributed by atoms with van der Waals surface area (Å²) in [6.45, 7) is 4.48. The fourth-order valence-corrected chi connectivity index (χ4v) is 2.18. The normalized spacial score (nSPS) is 11.9. The number of hydrogen-bond donors (Lipinski definition) is 3. The highest BCUT2D eigenvalue weighted by Crippen LogP contribution is 2.17. The molecule has 6 heteroatoms. The highest BCUT2D eigenvalue weighted by atomic mass is 16.5. The van der Waals surface area contributed by atoms with E-state index in [1.807, 2.05) is 38.1 Å². The maximum Gasteiger partial charge on any atom is 0.262 e. The lowest BCUT2D eigenvalue weighted by Gasteiger charge is -2.16. The molecule has 2 rings (SSSR count). The van der Waals surface area contributed by atoms with Crippen molar-refractivity contribution in [3.63, 3.8) is 0 Å². The molecule has 25 heavy (non-hydrogen) atoms.